The predicted molar refractivity (Wildman–Crippen MR) is 81.3 cm³/mol. The van der Waals surface area contributed by atoms with Crippen LogP contribution in [0.4, 0.5) is 11.5 Å². The van der Waals surface area contributed by atoms with Gasteiger partial charge in [0.1, 0.15) is 10.8 Å². The smallest absolute Gasteiger partial charge is 0.138 e. The van der Waals surface area contributed by atoms with Crippen LogP contribution in [0.15, 0.2) is 28.7 Å². The van der Waals surface area contributed by atoms with Crippen LogP contribution in [-0.4, -0.2) is 14.8 Å². The summed E-state index contributed by atoms with van der Waals surface area (Å²) in [6.07, 6.45) is 0. The minimum atomic E-state index is 0.345. The number of rotatable bonds is 3. The number of thiocarbonyl (C=S) groups is 1. The molecule has 3 N–H and O–H groups in total. The molecule has 0 unspecified atom stereocenters. The molecule has 0 atom stereocenters. The average Bonchev–Trinajstić information content (AvgIpc) is 2.53. The summed E-state index contributed by atoms with van der Waals surface area (Å²) < 4.78 is 2.74. The molecule has 0 saturated carbocycles. The van der Waals surface area contributed by atoms with Gasteiger partial charge in [-0.25, -0.2) is 0 Å². The van der Waals surface area contributed by atoms with Gasteiger partial charge in [-0.05, 0) is 25.1 Å². The fraction of sp³-hybridized carbons (Fsp3) is 0.167. The van der Waals surface area contributed by atoms with E-state index >= 15 is 0 Å². The zero-order valence-electron chi connectivity index (χ0n) is 10.1. The molecule has 0 amide bonds. The fourth-order valence-electron chi connectivity index (χ4n) is 1.80. The summed E-state index contributed by atoms with van der Waals surface area (Å²) in [7, 11) is 1.86. The lowest BCUT2D eigenvalue weighted by Gasteiger charge is -2.09. The number of hydrogen-bond acceptors (Lipinski definition) is 3. The van der Waals surface area contributed by atoms with E-state index in [0.717, 1.165) is 27.2 Å². The Morgan fingerprint density at radius 1 is 1.50 bits per heavy atom. The first-order valence-electron chi connectivity index (χ1n) is 5.35. The van der Waals surface area contributed by atoms with Crippen molar-refractivity contribution in [3.63, 3.8) is 0 Å². The van der Waals surface area contributed by atoms with E-state index in [0.29, 0.717) is 4.99 Å². The van der Waals surface area contributed by atoms with Crippen LogP contribution in [-0.2, 0) is 7.05 Å². The van der Waals surface area contributed by atoms with Crippen LogP contribution in [0.25, 0.3) is 0 Å². The standard InChI is InChI=1S/C12H13BrN4S/c1-7-10(11(14)18)12(17(2)16-7)15-9-5-3-4-8(13)6-9/h3-6,15H,1-2H3,(H2,14,18). The quantitative estimate of drug-likeness (QED) is 0.852. The van der Waals surface area contributed by atoms with Crippen molar-refractivity contribution in [1.82, 2.24) is 9.78 Å². The van der Waals surface area contributed by atoms with Crippen molar-refractivity contribution in [3.05, 3.63) is 40.0 Å². The van der Waals surface area contributed by atoms with Gasteiger partial charge >= 0.3 is 0 Å². The van der Waals surface area contributed by atoms with Crippen LogP contribution in [0.1, 0.15) is 11.3 Å². The molecule has 0 fully saturated rings. The second-order valence-corrected chi connectivity index (χ2v) is 5.29. The summed E-state index contributed by atoms with van der Waals surface area (Å²) in [5, 5.41) is 7.61. The highest BCUT2D eigenvalue weighted by Gasteiger charge is 2.15. The molecule has 6 heteroatoms. The van der Waals surface area contributed by atoms with Crippen molar-refractivity contribution < 1.29 is 0 Å². The average molecular weight is 325 g/mol. The van der Waals surface area contributed by atoms with Crippen molar-refractivity contribution >= 4 is 44.6 Å². The number of nitrogens with zero attached hydrogens (tertiary/aromatic N) is 2. The maximum Gasteiger partial charge on any atom is 0.138 e. The molecular weight excluding hydrogens is 312 g/mol. The first-order chi connectivity index (χ1) is 8.49. The number of nitrogens with one attached hydrogen (secondary N) is 1. The Balaban J connectivity index is 2.43. The van der Waals surface area contributed by atoms with Crippen LogP contribution in [0.2, 0.25) is 0 Å². The van der Waals surface area contributed by atoms with E-state index in [2.05, 4.69) is 26.3 Å². The molecule has 4 nitrogen and oxygen atoms in total. The lowest BCUT2D eigenvalue weighted by atomic mass is 10.2. The van der Waals surface area contributed by atoms with Crippen molar-refractivity contribution in [2.75, 3.05) is 5.32 Å². The van der Waals surface area contributed by atoms with Crippen LogP contribution >= 0.6 is 28.1 Å². The van der Waals surface area contributed by atoms with Gasteiger partial charge < -0.3 is 11.1 Å². The van der Waals surface area contributed by atoms with Crippen LogP contribution in [0.5, 0.6) is 0 Å². The van der Waals surface area contributed by atoms with Gasteiger partial charge in [-0.3, -0.25) is 4.68 Å². The molecule has 2 aromatic rings. The lowest BCUT2D eigenvalue weighted by molar-refractivity contribution is 0.765. The highest BCUT2D eigenvalue weighted by Crippen LogP contribution is 2.24. The molecule has 0 spiro atoms. The Labute approximate surface area is 119 Å². The minimum Gasteiger partial charge on any atom is -0.389 e. The molecule has 0 radical (unpaired) electrons. The maximum absolute atomic E-state index is 5.74. The van der Waals surface area contributed by atoms with Gasteiger partial charge in [0.05, 0.1) is 11.3 Å². The fourth-order valence-corrected chi connectivity index (χ4v) is 2.44. The van der Waals surface area contributed by atoms with E-state index in [-0.39, 0.29) is 0 Å². The van der Waals surface area contributed by atoms with Crippen molar-refractivity contribution in [2.45, 2.75) is 6.92 Å². The second kappa shape index (κ2) is 5.07. The van der Waals surface area contributed by atoms with Gasteiger partial charge in [-0.1, -0.05) is 34.2 Å². The van der Waals surface area contributed by atoms with Crippen molar-refractivity contribution in [3.8, 4) is 0 Å². The first kappa shape index (κ1) is 13.0. The molecule has 0 saturated heterocycles. The zero-order chi connectivity index (χ0) is 13.3. The number of aromatic nitrogens is 2. The van der Waals surface area contributed by atoms with Gasteiger partial charge in [0, 0.05) is 17.2 Å². The monoisotopic (exact) mass is 324 g/mol. The van der Waals surface area contributed by atoms with E-state index < -0.39 is 0 Å². The zero-order valence-corrected chi connectivity index (χ0v) is 12.5. The highest BCUT2D eigenvalue weighted by molar-refractivity contribution is 9.10. The molecular formula is C12H13BrN4S. The Morgan fingerprint density at radius 3 is 2.83 bits per heavy atom. The minimum absolute atomic E-state index is 0.345. The maximum atomic E-state index is 5.74. The Hall–Kier alpha value is -1.40. The topological polar surface area (TPSA) is 55.9 Å². The first-order valence-corrected chi connectivity index (χ1v) is 6.55. The molecule has 1 heterocycles. The molecule has 94 valence electrons. The summed E-state index contributed by atoms with van der Waals surface area (Å²) in [6.45, 7) is 1.89. The van der Waals surface area contributed by atoms with Gasteiger partial charge in [0.15, 0.2) is 0 Å². The van der Waals surface area contributed by atoms with Crippen molar-refractivity contribution in [2.24, 2.45) is 12.8 Å². The molecule has 1 aromatic carbocycles. The van der Waals surface area contributed by atoms with Crippen molar-refractivity contribution in [1.29, 1.82) is 0 Å². The summed E-state index contributed by atoms with van der Waals surface area (Å²) >= 11 is 8.50. The largest absolute Gasteiger partial charge is 0.389 e. The van der Waals surface area contributed by atoms with Gasteiger partial charge in [-0.2, -0.15) is 5.10 Å². The number of hydrogen-bond donors (Lipinski definition) is 2. The SMILES string of the molecule is Cc1nn(C)c(Nc2cccc(Br)c2)c1C(N)=S. The molecule has 0 aliphatic rings. The van der Waals surface area contributed by atoms with Gasteiger partial charge in [0.2, 0.25) is 0 Å². The normalized spacial score (nSPS) is 10.4. The molecule has 0 bridgehead atoms. The third-order valence-electron chi connectivity index (χ3n) is 2.56. The number of benzene rings is 1. The van der Waals surface area contributed by atoms with E-state index in [9.17, 15) is 0 Å². The highest BCUT2D eigenvalue weighted by atomic mass is 79.9. The summed E-state index contributed by atoms with van der Waals surface area (Å²) in [4.78, 5) is 0.345. The lowest BCUT2D eigenvalue weighted by Crippen LogP contribution is -2.12. The van der Waals surface area contributed by atoms with Crippen LogP contribution in [0.3, 0.4) is 0 Å². The number of anilines is 2. The third kappa shape index (κ3) is 2.54. The summed E-state index contributed by atoms with van der Waals surface area (Å²) in [5.74, 6) is 0.804. The number of halogens is 1. The van der Waals surface area contributed by atoms with Gasteiger partial charge in [0.25, 0.3) is 0 Å². The predicted octanol–water partition coefficient (Wildman–Crippen LogP) is 2.87. The third-order valence-corrected chi connectivity index (χ3v) is 3.25. The Kier molecular flexibility index (Phi) is 3.68. The molecule has 1 aromatic heterocycles. The summed E-state index contributed by atoms with van der Waals surface area (Å²) in [6, 6.07) is 7.87. The van der Waals surface area contributed by atoms with E-state index in [1.54, 1.807) is 4.68 Å². The molecule has 18 heavy (non-hydrogen) atoms. The van der Waals surface area contributed by atoms with E-state index in [1.807, 2.05) is 38.2 Å². The van der Waals surface area contributed by atoms with Crippen LogP contribution < -0.4 is 11.1 Å². The summed E-state index contributed by atoms with van der Waals surface area (Å²) in [5.41, 5.74) is 8.30. The number of nitrogens with two attached hydrogens (primary N) is 1. The van der Waals surface area contributed by atoms with E-state index in [1.165, 1.54) is 0 Å². The van der Waals surface area contributed by atoms with E-state index in [4.69, 9.17) is 18.0 Å². The molecule has 2 rings (SSSR count). The van der Waals surface area contributed by atoms with Gasteiger partial charge in [-0.15, -0.1) is 0 Å². The molecule has 0 aliphatic carbocycles. The molecule has 0 aliphatic heterocycles. The second-order valence-electron chi connectivity index (χ2n) is 3.93. The Bertz CT molecular complexity index is 606. The van der Waals surface area contributed by atoms with Crippen LogP contribution in [0, 0.1) is 6.92 Å². The Morgan fingerprint density at radius 2 is 2.22 bits per heavy atom. The number of aryl methyl sites for hydroxylation is 2.